The highest BCUT2D eigenvalue weighted by Gasteiger charge is 2.15. The Morgan fingerprint density at radius 2 is 1.07 bits per heavy atom. The molecular weight excluding hydrogens is 574 g/mol. The predicted molar refractivity (Wildman–Crippen MR) is 105 cm³/mol. The smallest absolute Gasteiger partial charge is 0.244 e. The fraction of sp³-hybridized carbons (Fsp3) is 0.364. The standard InChI is InChI=1S/C22H28N4.2HI/c1-17-7-9-19-21(13-17)23(3)15-25(19)11-5-6-12-26-16-24(4)22-14-18(2)8-10-20(22)26;;/h7-10,13-16H,5-6,11-12H2,1-4H3;2*1H/q+2;;/p-2. The first-order chi connectivity index (χ1) is 12.5. The van der Waals surface area contributed by atoms with Gasteiger partial charge in [-0.1, -0.05) is 12.1 Å². The number of benzene rings is 2. The summed E-state index contributed by atoms with van der Waals surface area (Å²) < 4.78 is 9.21. The maximum atomic E-state index is 2.38. The Morgan fingerprint density at radius 1 is 0.679 bits per heavy atom. The van der Waals surface area contributed by atoms with Crippen molar-refractivity contribution in [3.05, 3.63) is 60.2 Å². The normalized spacial score (nSPS) is 10.9. The van der Waals surface area contributed by atoms with Crippen LogP contribution in [-0.2, 0) is 27.2 Å². The van der Waals surface area contributed by atoms with Gasteiger partial charge in [-0.25, -0.2) is 18.3 Å². The zero-order chi connectivity index (χ0) is 18.3. The average molecular weight is 602 g/mol. The molecule has 0 N–H and O–H groups in total. The quantitative estimate of drug-likeness (QED) is 0.135. The lowest BCUT2D eigenvalue weighted by atomic mass is 10.2. The summed E-state index contributed by atoms with van der Waals surface area (Å²) in [5, 5.41) is 0. The molecule has 2 aromatic carbocycles. The van der Waals surface area contributed by atoms with Crippen LogP contribution >= 0.6 is 0 Å². The van der Waals surface area contributed by atoms with Crippen LogP contribution in [0.1, 0.15) is 24.0 Å². The van der Waals surface area contributed by atoms with Crippen molar-refractivity contribution in [1.82, 2.24) is 9.13 Å². The zero-order valence-electron chi connectivity index (χ0n) is 17.0. The lowest BCUT2D eigenvalue weighted by Crippen LogP contribution is -3.00. The predicted octanol–water partition coefficient (Wildman–Crippen LogP) is -2.65. The van der Waals surface area contributed by atoms with E-state index in [1.54, 1.807) is 0 Å². The monoisotopic (exact) mass is 602 g/mol. The van der Waals surface area contributed by atoms with E-state index in [0.29, 0.717) is 0 Å². The summed E-state index contributed by atoms with van der Waals surface area (Å²) in [6, 6.07) is 13.4. The van der Waals surface area contributed by atoms with Crippen molar-refractivity contribution in [2.45, 2.75) is 39.8 Å². The molecule has 2 heterocycles. The maximum absolute atomic E-state index is 2.38. The van der Waals surface area contributed by atoms with Gasteiger partial charge in [0.1, 0.15) is 0 Å². The van der Waals surface area contributed by atoms with Gasteiger partial charge < -0.3 is 48.0 Å². The van der Waals surface area contributed by atoms with E-state index in [-0.39, 0.29) is 48.0 Å². The fourth-order valence-corrected chi connectivity index (χ4v) is 3.91. The number of nitrogens with zero attached hydrogens (tertiary/aromatic N) is 4. The van der Waals surface area contributed by atoms with E-state index >= 15 is 0 Å². The Balaban J connectivity index is 0.00000140. The topological polar surface area (TPSA) is 17.6 Å². The van der Waals surface area contributed by atoms with Crippen LogP contribution in [0.15, 0.2) is 49.1 Å². The summed E-state index contributed by atoms with van der Waals surface area (Å²) >= 11 is 0. The van der Waals surface area contributed by atoms with E-state index < -0.39 is 0 Å². The van der Waals surface area contributed by atoms with Gasteiger partial charge in [-0.3, -0.25) is 0 Å². The fourth-order valence-electron chi connectivity index (χ4n) is 3.91. The van der Waals surface area contributed by atoms with E-state index in [1.165, 1.54) is 46.0 Å². The Hall–Kier alpha value is -1.16. The molecule has 150 valence electrons. The summed E-state index contributed by atoms with van der Waals surface area (Å²) in [6.07, 6.45) is 6.79. The van der Waals surface area contributed by atoms with E-state index in [0.717, 1.165) is 13.1 Å². The minimum Gasteiger partial charge on any atom is -1.00 e. The highest BCUT2D eigenvalue weighted by atomic mass is 127. The van der Waals surface area contributed by atoms with Gasteiger partial charge >= 0.3 is 0 Å². The number of fused-ring (bicyclic) bond motifs is 2. The Labute approximate surface area is 201 Å². The maximum Gasteiger partial charge on any atom is 0.244 e. The molecule has 4 aromatic rings. The van der Waals surface area contributed by atoms with Gasteiger partial charge in [0.15, 0.2) is 22.1 Å². The Morgan fingerprint density at radius 3 is 1.46 bits per heavy atom. The molecule has 0 unspecified atom stereocenters. The molecule has 6 heteroatoms. The summed E-state index contributed by atoms with van der Waals surface area (Å²) in [4.78, 5) is 0. The zero-order valence-corrected chi connectivity index (χ0v) is 21.3. The van der Waals surface area contributed by atoms with Crippen molar-refractivity contribution < 1.29 is 57.1 Å². The molecule has 0 spiro atoms. The van der Waals surface area contributed by atoms with E-state index in [9.17, 15) is 0 Å². The molecular formula is C22H28I2N4. The van der Waals surface area contributed by atoms with Gasteiger partial charge in [-0.2, -0.15) is 0 Å². The van der Waals surface area contributed by atoms with Crippen molar-refractivity contribution >= 4 is 22.1 Å². The van der Waals surface area contributed by atoms with Gasteiger partial charge in [0.2, 0.25) is 12.7 Å². The van der Waals surface area contributed by atoms with Crippen LogP contribution < -0.4 is 57.1 Å². The minimum absolute atomic E-state index is 0. The number of rotatable bonds is 5. The molecule has 4 nitrogen and oxygen atoms in total. The van der Waals surface area contributed by atoms with Gasteiger partial charge in [0.05, 0.1) is 27.2 Å². The molecule has 4 rings (SSSR count). The van der Waals surface area contributed by atoms with Crippen molar-refractivity contribution in [2.24, 2.45) is 14.1 Å². The van der Waals surface area contributed by atoms with Crippen molar-refractivity contribution in [2.75, 3.05) is 0 Å². The highest BCUT2D eigenvalue weighted by molar-refractivity contribution is 5.73. The summed E-state index contributed by atoms with van der Waals surface area (Å²) in [5.41, 5.74) is 7.90. The minimum atomic E-state index is 0. The number of aromatic nitrogens is 4. The van der Waals surface area contributed by atoms with Crippen LogP contribution in [0, 0.1) is 13.8 Å². The number of halogens is 2. The first kappa shape index (κ1) is 23.1. The van der Waals surface area contributed by atoms with Gasteiger partial charge in [-0.15, -0.1) is 0 Å². The lowest BCUT2D eigenvalue weighted by molar-refractivity contribution is -0.683. The molecule has 2 aromatic heterocycles. The largest absolute Gasteiger partial charge is 1.00 e. The second-order valence-corrected chi connectivity index (χ2v) is 7.53. The number of aryl methyl sites for hydroxylation is 6. The third kappa shape index (κ3) is 4.53. The highest BCUT2D eigenvalue weighted by Crippen LogP contribution is 2.14. The summed E-state index contributed by atoms with van der Waals surface area (Å²) in [5.74, 6) is 0. The first-order valence-corrected chi connectivity index (χ1v) is 9.43. The van der Waals surface area contributed by atoms with Crippen molar-refractivity contribution in [3.8, 4) is 0 Å². The molecule has 0 aliphatic rings. The molecule has 0 aliphatic heterocycles. The molecule has 0 fully saturated rings. The molecule has 0 atom stereocenters. The third-order valence-corrected chi connectivity index (χ3v) is 5.31. The van der Waals surface area contributed by atoms with E-state index in [1.807, 2.05) is 0 Å². The van der Waals surface area contributed by atoms with Crippen LogP contribution in [0.4, 0.5) is 0 Å². The lowest BCUT2D eigenvalue weighted by Gasteiger charge is -2.00. The number of unbranched alkanes of at least 4 members (excludes halogenated alkanes) is 1. The third-order valence-electron chi connectivity index (χ3n) is 5.31. The summed E-state index contributed by atoms with van der Waals surface area (Å²) in [6.45, 7) is 6.43. The average Bonchev–Trinajstić information content (AvgIpc) is 3.09. The van der Waals surface area contributed by atoms with Crippen LogP contribution in [0.3, 0.4) is 0 Å². The molecule has 0 saturated carbocycles. The second kappa shape index (κ2) is 9.56. The first-order valence-electron chi connectivity index (χ1n) is 9.43. The van der Waals surface area contributed by atoms with E-state index in [2.05, 4.69) is 95.3 Å². The van der Waals surface area contributed by atoms with Crippen LogP contribution in [0.25, 0.3) is 22.1 Å². The van der Waals surface area contributed by atoms with Gasteiger partial charge in [0.25, 0.3) is 0 Å². The summed E-state index contributed by atoms with van der Waals surface area (Å²) in [7, 11) is 4.26. The van der Waals surface area contributed by atoms with Gasteiger partial charge in [0, 0.05) is 0 Å². The molecule has 0 radical (unpaired) electrons. The van der Waals surface area contributed by atoms with Crippen LogP contribution in [0.2, 0.25) is 0 Å². The number of imidazole rings is 2. The van der Waals surface area contributed by atoms with Crippen molar-refractivity contribution in [1.29, 1.82) is 0 Å². The Kier molecular flexibility index (Phi) is 7.89. The van der Waals surface area contributed by atoms with Gasteiger partial charge in [-0.05, 0) is 62.1 Å². The van der Waals surface area contributed by atoms with Crippen LogP contribution in [0.5, 0.6) is 0 Å². The molecule has 28 heavy (non-hydrogen) atoms. The van der Waals surface area contributed by atoms with Crippen molar-refractivity contribution in [3.63, 3.8) is 0 Å². The molecule has 0 aliphatic carbocycles. The van der Waals surface area contributed by atoms with Crippen LogP contribution in [-0.4, -0.2) is 9.13 Å². The molecule has 0 bridgehead atoms. The number of hydrogen-bond acceptors (Lipinski definition) is 0. The molecule has 0 amide bonds. The van der Waals surface area contributed by atoms with E-state index in [4.69, 9.17) is 0 Å². The molecule has 0 saturated heterocycles. The SMILES string of the molecule is Cc1ccc2c(c1)n(C)c[n+]2CCCC[n+]1cn(C)c2cc(C)ccc21.[I-].[I-]. The second-order valence-electron chi connectivity index (χ2n) is 7.53. The Bertz CT molecular complexity index is 1010. The number of hydrogen-bond donors (Lipinski definition) is 0.